The minimum Gasteiger partial charge on any atom is -0.508 e. The zero-order valence-corrected chi connectivity index (χ0v) is 13.0. The van der Waals surface area contributed by atoms with E-state index in [9.17, 15) is 9.90 Å². The Kier molecular flexibility index (Phi) is 7.19. The van der Waals surface area contributed by atoms with Crippen LogP contribution in [0, 0.1) is 5.92 Å². The van der Waals surface area contributed by atoms with Gasteiger partial charge in [-0.25, -0.2) is 0 Å². The number of nitrogens with two attached hydrogens (primary N) is 1. The average molecular weight is 294 g/mol. The fourth-order valence-electron chi connectivity index (χ4n) is 1.91. The van der Waals surface area contributed by atoms with Gasteiger partial charge in [-0.1, -0.05) is 26.0 Å². The van der Waals surface area contributed by atoms with Gasteiger partial charge in [0.1, 0.15) is 5.75 Å². The number of phenolic OH excluding ortho intramolecular Hbond substituents is 1. The van der Waals surface area contributed by atoms with E-state index in [0.717, 1.165) is 5.56 Å². The number of carbonyl (C=O) groups is 1. The van der Waals surface area contributed by atoms with Crippen LogP contribution in [-0.4, -0.2) is 36.3 Å². The normalized spacial score (nSPS) is 14.0. The molecule has 21 heavy (non-hydrogen) atoms. The second kappa shape index (κ2) is 8.64. The van der Waals surface area contributed by atoms with Crippen molar-refractivity contribution in [1.82, 2.24) is 5.32 Å². The van der Waals surface area contributed by atoms with Crippen molar-refractivity contribution < 1.29 is 14.6 Å². The predicted molar refractivity (Wildman–Crippen MR) is 83.0 cm³/mol. The number of benzene rings is 1. The number of carbonyl (C=O) groups excluding carboxylic acids is 1. The molecule has 1 rings (SSSR count). The Morgan fingerprint density at radius 3 is 2.48 bits per heavy atom. The van der Waals surface area contributed by atoms with E-state index in [4.69, 9.17) is 10.5 Å². The quantitative estimate of drug-likeness (QED) is 0.677. The second-order valence-electron chi connectivity index (χ2n) is 5.50. The van der Waals surface area contributed by atoms with E-state index >= 15 is 0 Å². The first-order valence-corrected chi connectivity index (χ1v) is 7.35. The van der Waals surface area contributed by atoms with Gasteiger partial charge in [0.15, 0.2) is 0 Å². The van der Waals surface area contributed by atoms with E-state index in [1.807, 2.05) is 20.8 Å². The maximum atomic E-state index is 12.2. The largest absolute Gasteiger partial charge is 0.508 e. The Bertz CT molecular complexity index is 432. The van der Waals surface area contributed by atoms with Crippen molar-refractivity contribution >= 4 is 5.91 Å². The summed E-state index contributed by atoms with van der Waals surface area (Å²) in [6, 6.07) is 6.06. The van der Waals surface area contributed by atoms with Crippen LogP contribution in [0.25, 0.3) is 0 Å². The Morgan fingerprint density at radius 2 is 1.95 bits per heavy atom. The molecule has 0 aliphatic heterocycles. The van der Waals surface area contributed by atoms with Gasteiger partial charge in [0, 0.05) is 6.61 Å². The number of hydrogen-bond acceptors (Lipinski definition) is 4. The summed E-state index contributed by atoms with van der Waals surface area (Å²) in [5, 5.41) is 12.2. The zero-order chi connectivity index (χ0) is 15.8. The van der Waals surface area contributed by atoms with E-state index < -0.39 is 6.04 Å². The van der Waals surface area contributed by atoms with Crippen LogP contribution in [0.4, 0.5) is 0 Å². The van der Waals surface area contributed by atoms with Crippen molar-refractivity contribution in [3.8, 4) is 5.75 Å². The number of nitrogens with one attached hydrogen (secondary N) is 1. The van der Waals surface area contributed by atoms with E-state index in [1.165, 1.54) is 0 Å². The lowest BCUT2D eigenvalue weighted by Crippen LogP contribution is -2.49. The van der Waals surface area contributed by atoms with Gasteiger partial charge in [-0.05, 0) is 37.0 Å². The molecule has 0 aliphatic rings. The van der Waals surface area contributed by atoms with E-state index in [1.54, 1.807) is 24.3 Å². The van der Waals surface area contributed by atoms with Crippen LogP contribution >= 0.6 is 0 Å². The first-order chi connectivity index (χ1) is 9.93. The molecule has 4 N–H and O–H groups in total. The highest BCUT2D eigenvalue weighted by Crippen LogP contribution is 2.11. The minimum atomic E-state index is -0.614. The van der Waals surface area contributed by atoms with Crippen LogP contribution in [0.15, 0.2) is 24.3 Å². The molecule has 1 aromatic carbocycles. The molecule has 0 saturated carbocycles. The van der Waals surface area contributed by atoms with Gasteiger partial charge in [-0.3, -0.25) is 4.79 Å². The minimum absolute atomic E-state index is 0.0386. The van der Waals surface area contributed by atoms with Crippen molar-refractivity contribution in [3.05, 3.63) is 29.8 Å². The summed E-state index contributed by atoms with van der Waals surface area (Å²) in [7, 11) is 0. The van der Waals surface area contributed by atoms with Crippen LogP contribution in [-0.2, 0) is 16.0 Å². The summed E-state index contributed by atoms with van der Waals surface area (Å²) in [5.41, 5.74) is 6.87. The lowest BCUT2D eigenvalue weighted by Gasteiger charge is -2.24. The van der Waals surface area contributed by atoms with Crippen LogP contribution in [0.5, 0.6) is 5.75 Å². The van der Waals surface area contributed by atoms with Gasteiger partial charge in [-0.2, -0.15) is 0 Å². The van der Waals surface area contributed by atoms with Crippen molar-refractivity contribution in [1.29, 1.82) is 0 Å². The molecule has 5 heteroatoms. The Hall–Kier alpha value is -1.59. The van der Waals surface area contributed by atoms with Gasteiger partial charge in [0.2, 0.25) is 5.91 Å². The number of phenols is 1. The highest BCUT2D eigenvalue weighted by Gasteiger charge is 2.20. The molecule has 118 valence electrons. The highest BCUT2D eigenvalue weighted by atomic mass is 16.5. The van der Waals surface area contributed by atoms with E-state index in [0.29, 0.717) is 19.6 Å². The molecule has 0 aliphatic carbocycles. The second-order valence-corrected chi connectivity index (χ2v) is 5.50. The summed E-state index contributed by atoms with van der Waals surface area (Å²) in [6.45, 7) is 7.12. The molecule has 0 heterocycles. The third-order valence-corrected chi connectivity index (χ3v) is 3.36. The zero-order valence-electron chi connectivity index (χ0n) is 13.0. The molecule has 0 saturated heterocycles. The fraction of sp³-hybridized carbons (Fsp3) is 0.562. The lowest BCUT2D eigenvalue weighted by molar-refractivity contribution is -0.123. The molecule has 2 atom stereocenters. The molecule has 0 spiro atoms. The number of rotatable bonds is 8. The highest BCUT2D eigenvalue weighted by molar-refractivity contribution is 5.82. The Morgan fingerprint density at radius 1 is 1.33 bits per heavy atom. The van der Waals surface area contributed by atoms with Crippen molar-refractivity contribution in [2.24, 2.45) is 11.7 Å². The van der Waals surface area contributed by atoms with Gasteiger partial charge in [0.05, 0.1) is 18.7 Å². The van der Waals surface area contributed by atoms with E-state index in [2.05, 4.69) is 5.32 Å². The molecular formula is C16H26N2O3. The molecule has 0 radical (unpaired) electrons. The third-order valence-electron chi connectivity index (χ3n) is 3.36. The van der Waals surface area contributed by atoms with Crippen LogP contribution in [0.3, 0.4) is 0 Å². The first-order valence-electron chi connectivity index (χ1n) is 7.35. The summed E-state index contributed by atoms with van der Waals surface area (Å²) in [6.07, 6.45) is 0.436. The SMILES string of the molecule is CCOCC(NC(=O)[C@@H](N)Cc1ccc(O)cc1)C(C)C. The van der Waals surface area contributed by atoms with Gasteiger partial charge >= 0.3 is 0 Å². The van der Waals surface area contributed by atoms with Crippen LogP contribution in [0.1, 0.15) is 26.3 Å². The fourth-order valence-corrected chi connectivity index (χ4v) is 1.91. The molecular weight excluding hydrogens is 268 g/mol. The molecule has 1 unspecified atom stereocenters. The topological polar surface area (TPSA) is 84.6 Å². The summed E-state index contributed by atoms with van der Waals surface area (Å²) in [5.74, 6) is 0.302. The first kappa shape index (κ1) is 17.5. The molecule has 5 nitrogen and oxygen atoms in total. The number of amides is 1. The van der Waals surface area contributed by atoms with Gasteiger partial charge < -0.3 is 20.9 Å². The van der Waals surface area contributed by atoms with Crippen molar-refractivity contribution in [2.45, 2.75) is 39.3 Å². The predicted octanol–water partition coefficient (Wildman–Crippen LogP) is 1.44. The maximum absolute atomic E-state index is 12.2. The molecule has 0 fully saturated rings. The monoisotopic (exact) mass is 294 g/mol. The smallest absolute Gasteiger partial charge is 0.237 e. The van der Waals surface area contributed by atoms with E-state index in [-0.39, 0.29) is 23.6 Å². The standard InChI is InChI=1S/C16H26N2O3/c1-4-21-10-15(11(2)3)18-16(20)14(17)9-12-5-7-13(19)8-6-12/h5-8,11,14-15,19H,4,9-10,17H2,1-3H3,(H,18,20)/t14-,15?/m0/s1. The Balaban J connectivity index is 2.54. The van der Waals surface area contributed by atoms with Crippen molar-refractivity contribution in [3.63, 3.8) is 0 Å². The van der Waals surface area contributed by atoms with Crippen LogP contribution in [0.2, 0.25) is 0 Å². The third kappa shape index (κ3) is 6.14. The summed E-state index contributed by atoms with van der Waals surface area (Å²) in [4.78, 5) is 12.2. The van der Waals surface area contributed by atoms with Crippen LogP contribution < -0.4 is 11.1 Å². The molecule has 0 bridgehead atoms. The van der Waals surface area contributed by atoms with Gasteiger partial charge in [0.25, 0.3) is 0 Å². The van der Waals surface area contributed by atoms with Gasteiger partial charge in [-0.15, -0.1) is 0 Å². The Labute approximate surface area is 126 Å². The molecule has 0 aromatic heterocycles. The summed E-state index contributed by atoms with van der Waals surface area (Å²) < 4.78 is 5.39. The number of hydrogen-bond donors (Lipinski definition) is 3. The summed E-state index contributed by atoms with van der Waals surface area (Å²) >= 11 is 0. The molecule has 1 amide bonds. The average Bonchev–Trinajstić information content (AvgIpc) is 2.45. The maximum Gasteiger partial charge on any atom is 0.237 e. The number of aromatic hydroxyl groups is 1. The lowest BCUT2D eigenvalue weighted by atomic mass is 10.0. The molecule has 1 aromatic rings. The number of ether oxygens (including phenoxy) is 1. The van der Waals surface area contributed by atoms with Crippen molar-refractivity contribution in [2.75, 3.05) is 13.2 Å².